The second-order valence-corrected chi connectivity index (χ2v) is 6.82. The van der Waals surface area contributed by atoms with Gasteiger partial charge in [-0.25, -0.2) is 4.79 Å². The van der Waals surface area contributed by atoms with Crippen molar-refractivity contribution in [3.8, 4) is 0 Å². The monoisotopic (exact) mass is 497 g/mol. The van der Waals surface area contributed by atoms with Gasteiger partial charge in [0.2, 0.25) is 0 Å². The van der Waals surface area contributed by atoms with Gasteiger partial charge in [-0.3, -0.25) is 13.9 Å². The molecule has 2 rings (SSSR count). The van der Waals surface area contributed by atoms with E-state index in [1.165, 1.54) is 10.8 Å². The first-order valence-corrected chi connectivity index (χ1v) is 8.44. The van der Waals surface area contributed by atoms with Crippen molar-refractivity contribution in [1.29, 1.82) is 0 Å². The fourth-order valence-corrected chi connectivity index (χ4v) is 2.86. The molecular weight excluding hydrogens is 476 g/mol. The van der Waals surface area contributed by atoms with Gasteiger partial charge in [0.15, 0.2) is 0 Å². The number of aromatic nitrogens is 2. The minimum absolute atomic E-state index is 0. The van der Waals surface area contributed by atoms with Gasteiger partial charge in [-0.2, -0.15) is 0 Å². The molecule has 3 N–H and O–H groups in total. The van der Waals surface area contributed by atoms with Gasteiger partial charge in [0.25, 0.3) is 5.56 Å². The fourth-order valence-electron chi connectivity index (χ4n) is 2.64. The molecule has 0 saturated carbocycles. The van der Waals surface area contributed by atoms with Gasteiger partial charge in [-0.15, -0.1) is 12.6 Å². The number of ether oxygens (including phenoxy) is 1. The second-order valence-electron chi connectivity index (χ2n) is 5.66. The van der Waals surface area contributed by atoms with E-state index in [0.717, 1.165) is 4.57 Å². The number of aliphatic hydroxyl groups is 2. The number of thiocarbonyl (C=S) groups is 1. The van der Waals surface area contributed by atoms with Crippen molar-refractivity contribution in [3.63, 3.8) is 0 Å². The molecule has 3 atom stereocenters. The van der Waals surface area contributed by atoms with Crippen molar-refractivity contribution in [2.45, 2.75) is 44.7 Å². The van der Waals surface area contributed by atoms with Crippen LogP contribution < -0.4 is 46.1 Å². The predicted octanol–water partition coefficient (Wildman–Crippen LogP) is -3.84. The molecule has 0 spiro atoms. The van der Waals surface area contributed by atoms with Crippen LogP contribution in [0.1, 0.15) is 24.6 Å². The standard InChI is InChI=1S/C14H21N3O5S2.Na.Tc/c1-8-6-17(11-5-9(19)10(7-18)22-11)14(21)16(12(8)20)4-2-3-15-13(23)24;;/h6,9-11,18-19H,2-5,7H2,1H3,(H2,15,23,24);;/q;+1;+7/t9-,10+,11+;;/m0../s1/i;;1+1. The molecule has 2 heterocycles. The summed E-state index contributed by atoms with van der Waals surface area (Å²) in [6, 6.07) is 0. The Kier molecular flexibility index (Phi) is 12.3. The molecule has 0 bridgehead atoms. The van der Waals surface area contributed by atoms with Gasteiger partial charge in [-0.1, -0.05) is 12.2 Å². The molecule has 1 aliphatic heterocycles. The maximum Gasteiger partial charge on any atom is 7.00 e. The zero-order valence-corrected chi connectivity index (χ0v) is 20.2. The molecule has 1 aliphatic rings. The maximum atomic E-state index is 12.6. The van der Waals surface area contributed by atoms with Crippen LogP contribution in [0.15, 0.2) is 15.8 Å². The number of aryl methyl sites for hydroxylation is 1. The Morgan fingerprint density at radius 3 is 2.69 bits per heavy atom. The Morgan fingerprint density at radius 2 is 2.15 bits per heavy atom. The van der Waals surface area contributed by atoms with Crippen LogP contribution in [-0.2, 0) is 31.4 Å². The first-order valence-electron chi connectivity index (χ1n) is 7.59. The van der Waals surface area contributed by atoms with E-state index in [-0.39, 0.29) is 74.8 Å². The van der Waals surface area contributed by atoms with E-state index in [0.29, 0.717) is 22.8 Å². The molecule has 0 aliphatic carbocycles. The summed E-state index contributed by atoms with van der Waals surface area (Å²) < 4.78 is 8.30. The average Bonchev–Trinajstić information content (AvgIpc) is 2.90. The third kappa shape index (κ3) is 6.51. The SMILES string of the molecule is Cc1cn([C@H]2C[C@H](O)[C@@H](CO)O2)c(=O)n(CCCNC(=S)S)c1=O.[99Tc+7].[Na+]. The number of aliphatic hydroxyl groups excluding tert-OH is 2. The van der Waals surface area contributed by atoms with Gasteiger partial charge in [0.1, 0.15) is 16.7 Å². The topological polar surface area (TPSA) is 106 Å². The van der Waals surface area contributed by atoms with Crippen LogP contribution in [0.25, 0.3) is 0 Å². The third-order valence-electron chi connectivity index (χ3n) is 3.90. The van der Waals surface area contributed by atoms with E-state index in [2.05, 4.69) is 17.9 Å². The van der Waals surface area contributed by atoms with E-state index in [1.54, 1.807) is 6.92 Å². The Morgan fingerprint density at radius 1 is 1.50 bits per heavy atom. The number of hydrogen-bond acceptors (Lipinski definition) is 6. The molecule has 8 nitrogen and oxygen atoms in total. The van der Waals surface area contributed by atoms with Crippen molar-refractivity contribution in [1.82, 2.24) is 14.5 Å². The summed E-state index contributed by atoms with van der Waals surface area (Å²) in [5, 5.41) is 21.8. The number of hydrogen-bond donors (Lipinski definition) is 4. The molecule has 134 valence electrons. The molecule has 0 unspecified atom stereocenters. The fraction of sp³-hybridized carbons (Fsp3) is 0.643. The molecule has 0 radical (unpaired) electrons. The Labute approximate surface area is 197 Å². The number of rotatable bonds is 6. The first kappa shape index (κ1) is 26.4. The Hall–Kier alpha value is 0.449. The van der Waals surface area contributed by atoms with Crippen LogP contribution in [0.5, 0.6) is 0 Å². The molecule has 1 aromatic heterocycles. The molecule has 0 amide bonds. The van der Waals surface area contributed by atoms with Gasteiger partial charge in [0, 0.05) is 31.3 Å². The number of nitrogens with one attached hydrogen (secondary N) is 1. The van der Waals surface area contributed by atoms with Crippen molar-refractivity contribution < 1.29 is 64.6 Å². The van der Waals surface area contributed by atoms with Crippen LogP contribution in [0.2, 0.25) is 0 Å². The van der Waals surface area contributed by atoms with Crippen molar-refractivity contribution in [2.75, 3.05) is 13.2 Å². The van der Waals surface area contributed by atoms with E-state index < -0.39 is 24.1 Å². The molecule has 1 aromatic rings. The minimum Gasteiger partial charge on any atom is -0.394 e. The predicted molar refractivity (Wildman–Crippen MR) is 95.5 cm³/mol. The second kappa shape index (κ2) is 12.1. The zero-order chi connectivity index (χ0) is 17.9. The van der Waals surface area contributed by atoms with Crippen LogP contribution in [0.3, 0.4) is 0 Å². The van der Waals surface area contributed by atoms with Gasteiger partial charge < -0.3 is 20.3 Å². The average molecular weight is 497 g/mol. The van der Waals surface area contributed by atoms with Gasteiger partial charge >= 0.3 is 55.4 Å². The molecule has 0 aromatic carbocycles. The summed E-state index contributed by atoms with van der Waals surface area (Å²) in [5.74, 6) is 0. The summed E-state index contributed by atoms with van der Waals surface area (Å²) in [4.78, 5) is 24.8. The van der Waals surface area contributed by atoms with Crippen LogP contribution in [-0.4, -0.2) is 49.0 Å². The normalized spacial score (nSPS) is 21.6. The number of thiol groups is 1. The molecule has 12 heteroatoms. The van der Waals surface area contributed by atoms with E-state index in [4.69, 9.17) is 22.1 Å². The number of nitrogens with zero attached hydrogens (tertiary/aromatic N) is 2. The van der Waals surface area contributed by atoms with Crippen molar-refractivity contribution in [3.05, 3.63) is 32.6 Å². The summed E-state index contributed by atoms with van der Waals surface area (Å²) in [7, 11) is 0. The summed E-state index contributed by atoms with van der Waals surface area (Å²) >= 11 is 8.72. The summed E-state index contributed by atoms with van der Waals surface area (Å²) in [5.41, 5.74) is -0.463. The quantitative estimate of drug-likeness (QED) is 0.138. The maximum absolute atomic E-state index is 12.6. The molecule has 1 saturated heterocycles. The molecular formula is C14H21N3NaO5S2Tc+8. The third-order valence-corrected chi connectivity index (χ3v) is 4.20. The Bertz CT molecular complexity index is 730. The van der Waals surface area contributed by atoms with Gasteiger partial charge in [0.05, 0.1) is 12.7 Å². The van der Waals surface area contributed by atoms with Crippen LogP contribution >= 0.6 is 24.8 Å². The Balaban J connectivity index is 0.00000312. The van der Waals surface area contributed by atoms with Crippen molar-refractivity contribution >= 4 is 29.2 Å². The van der Waals surface area contributed by atoms with E-state index in [9.17, 15) is 14.7 Å². The first-order chi connectivity index (χ1) is 11.3. The van der Waals surface area contributed by atoms with Crippen molar-refractivity contribution in [2.24, 2.45) is 0 Å². The zero-order valence-electron chi connectivity index (χ0n) is 14.6. The minimum atomic E-state index is -0.854. The summed E-state index contributed by atoms with van der Waals surface area (Å²) in [6.07, 6.45) is -0.167. The van der Waals surface area contributed by atoms with Gasteiger partial charge in [-0.05, 0) is 13.3 Å². The van der Waals surface area contributed by atoms with Crippen LogP contribution in [0, 0.1) is 6.92 Å². The van der Waals surface area contributed by atoms with E-state index >= 15 is 0 Å². The molecule has 26 heavy (non-hydrogen) atoms. The summed E-state index contributed by atoms with van der Waals surface area (Å²) in [6.45, 7) is 2.00. The largest absolute Gasteiger partial charge is 7.00 e. The van der Waals surface area contributed by atoms with Crippen LogP contribution in [0.4, 0.5) is 0 Å². The smallest absolute Gasteiger partial charge is 0.394 e. The van der Waals surface area contributed by atoms with E-state index in [1.807, 2.05) is 0 Å². The molecule has 1 fully saturated rings.